The first kappa shape index (κ1) is 22.8. The molecule has 0 radical (unpaired) electrons. The number of nitrogens with one attached hydrogen (secondary N) is 3. The monoisotopic (exact) mass is 482 g/mol. The van der Waals surface area contributed by atoms with Crippen molar-refractivity contribution in [3.05, 3.63) is 102 Å². The van der Waals surface area contributed by atoms with Gasteiger partial charge in [0.15, 0.2) is 0 Å². The van der Waals surface area contributed by atoms with Crippen LogP contribution in [0.25, 0.3) is 22.2 Å². The Morgan fingerprint density at radius 3 is 2.77 bits per heavy atom. The number of allylic oxidation sites excluding steroid dienone is 3. The molecule has 3 N–H and O–H groups in total. The number of aromatic nitrogens is 1. The highest BCUT2D eigenvalue weighted by molar-refractivity contribution is 6.05. The smallest absolute Gasteiger partial charge is 0.402 e. The summed E-state index contributed by atoms with van der Waals surface area (Å²) in [5.41, 5.74) is 9.40. The van der Waals surface area contributed by atoms with Crippen LogP contribution in [-0.4, -0.2) is 17.7 Å². The second-order valence-corrected chi connectivity index (χ2v) is 8.31. The second kappa shape index (κ2) is 8.35. The van der Waals surface area contributed by atoms with Crippen LogP contribution >= 0.6 is 0 Å². The van der Waals surface area contributed by atoms with Gasteiger partial charge < -0.3 is 20.0 Å². The topological polar surface area (TPSA) is 50.2 Å². The Kier molecular flexibility index (Phi) is 5.44. The third kappa shape index (κ3) is 3.87. The van der Waals surface area contributed by atoms with Gasteiger partial charge >= 0.3 is 6.11 Å². The van der Waals surface area contributed by atoms with E-state index in [1.807, 2.05) is 6.08 Å². The standard InChI is InChI=1S/C26H22F4N4O/c1-14-18(5-4-10-32-14)24-23-19-12-26(29,30)35-22(19)9-8-21(23)34(25(24)15(2)33-31-3)13-16-11-17(27)6-7-20(16)28/h4-11,31-33H,1-2,12-13H2,3H3. The van der Waals surface area contributed by atoms with Crippen LogP contribution < -0.4 is 20.9 Å². The quantitative estimate of drug-likeness (QED) is 0.334. The maximum Gasteiger partial charge on any atom is 0.402 e. The molecule has 9 heteroatoms. The first-order valence-corrected chi connectivity index (χ1v) is 10.8. The average molecular weight is 482 g/mol. The fraction of sp³-hybridized carbons (Fsp3) is 0.154. The molecule has 3 heterocycles. The Balaban J connectivity index is 1.87. The molecule has 5 rings (SSSR count). The van der Waals surface area contributed by atoms with Crippen molar-refractivity contribution < 1.29 is 22.3 Å². The summed E-state index contributed by atoms with van der Waals surface area (Å²) in [4.78, 5) is 0. The summed E-state index contributed by atoms with van der Waals surface area (Å²) in [6.45, 7) is 8.12. The summed E-state index contributed by atoms with van der Waals surface area (Å²) in [7, 11) is 1.65. The van der Waals surface area contributed by atoms with Crippen LogP contribution in [0.15, 0.2) is 67.5 Å². The summed E-state index contributed by atoms with van der Waals surface area (Å²) in [5.74, 6) is -1.10. The minimum Gasteiger partial charge on any atom is -0.432 e. The maximum atomic E-state index is 14.7. The molecule has 5 nitrogen and oxygen atoms in total. The third-order valence-corrected chi connectivity index (χ3v) is 6.05. The number of nitrogens with zero attached hydrogens (tertiary/aromatic N) is 1. The summed E-state index contributed by atoms with van der Waals surface area (Å²) >= 11 is 0. The van der Waals surface area contributed by atoms with Crippen molar-refractivity contribution in [3.8, 4) is 5.75 Å². The van der Waals surface area contributed by atoms with Crippen LogP contribution in [0.4, 0.5) is 17.6 Å². The van der Waals surface area contributed by atoms with E-state index in [4.69, 9.17) is 4.74 Å². The Bertz CT molecular complexity index is 1450. The highest BCUT2D eigenvalue weighted by Gasteiger charge is 2.42. The van der Waals surface area contributed by atoms with E-state index in [1.54, 1.807) is 30.0 Å². The molecule has 2 aliphatic heterocycles. The van der Waals surface area contributed by atoms with E-state index >= 15 is 0 Å². The van der Waals surface area contributed by atoms with Crippen LogP contribution in [0.1, 0.15) is 22.4 Å². The number of fused-ring (bicyclic) bond motifs is 3. The fourth-order valence-corrected chi connectivity index (χ4v) is 4.66. The van der Waals surface area contributed by atoms with Crippen molar-refractivity contribution in [1.29, 1.82) is 0 Å². The van der Waals surface area contributed by atoms with Crippen molar-refractivity contribution in [2.45, 2.75) is 19.1 Å². The Morgan fingerprint density at radius 2 is 2.03 bits per heavy atom. The molecule has 1 aromatic heterocycles. The molecule has 2 aromatic carbocycles. The van der Waals surface area contributed by atoms with Crippen molar-refractivity contribution in [3.63, 3.8) is 0 Å². The number of halogens is 4. The van der Waals surface area contributed by atoms with Crippen LogP contribution in [-0.2, 0) is 13.0 Å². The molecule has 0 aliphatic carbocycles. The first-order valence-electron chi connectivity index (χ1n) is 10.8. The van der Waals surface area contributed by atoms with Gasteiger partial charge in [-0.3, -0.25) is 0 Å². The molecular weight excluding hydrogens is 460 g/mol. The van der Waals surface area contributed by atoms with E-state index < -0.39 is 24.2 Å². The summed E-state index contributed by atoms with van der Waals surface area (Å²) < 4.78 is 64.0. The first-order chi connectivity index (χ1) is 16.7. The van der Waals surface area contributed by atoms with Gasteiger partial charge in [0.25, 0.3) is 0 Å². The molecule has 0 spiro atoms. The van der Waals surface area contributed by atoms with Gasteiger partial charge in [0, 0.05) is 46.6 Å². The normalized spacial score (nSPS) is 16.0. The van der Waals surface area contributed by atoms with Crippen molar-refractivity contribution >= 4 is 22.2 Å². The molecule has 3 aromatic rings. The maximum absolute atomic E-state index is 14.7. The summed E-state index contributed by atoms with van der Waals surface area (Å²) in [6.07, 6.45) is 1.30. The SMILES string of the molecule is C=C1NC=CC=C1c1c(C(=C)NNC)n(Cc2cc(F)ccc2F)c2ccc3c(c12)CC(F)(F)O3. The minimum atomic E-state index is -3.36. The lowest BCUT2D eigenvalue weighted by Gasteiger charge is -2.19. The number of hydrogen-bond donors (Lipinski definition) is 3. The van der Waals surface area contributed by atoms with E-state index in [0.29, 0.717) is 44.7 Å². The Hall–Kier alpha value is -3.98. The Morgan fingerprint density at radius 1 is 1.23 bits per heavy atom. The van der Waals surface area contributed by atoms with Gasteiger partial charge in [-0.05, 0) is 36.4 Å². The highest BCUT2D eigenvalue weighted by atomic mass is 19.3. The third-order valence-electron chi connectivity index (χ3n) is 6.05. The predicted molar refractivity (Wildman–Crippen MR) is 127 cm³/mol. The van der Waals surface area contributed by atoms with Crippen LogP contribution in [0.3, 0.4) is 0 Å². The van der Waals surface area contributed by atoms with E-state index in [1.165, 1.54) is 6.07 Å². The number of rotatable bonds is 6. The van der Waals surface area contributed by atoms with Gasteiger partial charge in [0.05, 0.1) is 29.9 Å². The molecule has 0 fully saturated rings. The van der Waals surface area contributed by atoms with Gasteiger partial charge in [0.1, 0.15) is 17.4 Å². The zero-order valence-corrected chi connectivity index (χ0v) is 18.8. The van der Waals surface area contributed by atoms with Crippen molar-refractivity contribution in [2.75, 3.05) is 7.05 Å². The van der Waals surface area contributed by atoms with Gasteiger partial charge in [-0.2, -0.15) is 8.78 Å². The van der Waals surface area contributed by atoms with Crippen LogP contribution in [0.5, 0.6) is 5.75 Å². The van der Waals surface area contributed by atoms with Crippen LogP contribution in [0, 0.1) is 11.6 Å². The Labute approximate surface area is 199 Å². The number of hydrogen-bond acceptors (Lipinski definition) is 4. The minimum absolute atomic E-state index is 0.0705. The van der Waals surface area contributed by atoms with Crippen LogP contribution in [0.2, 0.25) is 0 Å². The molecule has 0 saturated heterocycles. The lowest BCUT2D eigenvalue weighted by molar-refractivity contribution is -0.159. The number of ether oxygens (including phenoxy) is 1. The fourth-order valence-electron chi connectivity index (χ4n) is 4.66. The lowest BCUT2D eigenvalue weighted by Crippen LogP contribution is -2.27. The largest absolute Gasteiger partial charge is 0.432 e. The number of benzene rings is 2. The molecule has 0 bridgehead atoms. The number of dihydropyridines is 1. The van der Waals surface area contributed by atoms with Gasteiger partial charge in [0.2, 0.25) is 0 Å². The molecular formula is C26H22F4N4O. The van der Waals surface area contributed by atoms with E-state index in [-0.39, 0.29) is 17.9 Å². The van der Waals surface area contributed by atoms with E-state index in [2.05, 4.69) is 29.3 Å². The summed E-state index contributed by atoms with van der Waals surface area (Å²) in [5, 5.41) is 3.55. The average Bonchev–Trinajstić information content (AvgIpc) is 3.30. The van der Waals surface area contributed by atoms with Crippen molar-refractivity contribution in [1.82, 2.24) is 20.7 Å². The molecule has 180 valence electrons. The zero-order valence-electron chi connectivity index (χ0n) is 18.8. The molecule has 0 saturated carbocycles. The number of hydrazine groups is 1. The van der Waals surface area contributed by atoms with E-state index in [9.17, 15) is 17.6 Å². The molecule has 0 unspecified atom stereocenters. The molecule has 35 heavy (non-hydrogen) atoms. The molecule has 2 aliphatic rings. The van der Waals surface area contributed by atoms with Crippen molar-refractivity contribution in [2.24, 2.45) is 0 Å². The molecule has 0 atom stereocenters. The van der Waals surface area contributed by atoms with Gasteiger partial charge in [-0.25, -0.2) is 14.2 Å². The summed E-state index contributed by atoms with van der Waals surface area (Å²) in [6, 6.07) is 6.33. The van der Waals surface area contributed by atoms with E-state index in [0.717, 1.165) is 18.2 Å². The van der Waals surface area contributed by atoms with Gasteiger partial charge in [-0.15, -0.1) is 0 Å². The zero-order chi connectivity index (χ0) is 24.9. The van der Waals surface area contributed by atoms with Gasteiger partial charge in [-0.1, -0.05) is 19.2 Å². The lowest BCUT2D eigenvalue weighted by atomic mass is 9.93. The predicted octanol–water partition coefficient (Wildman–Crippen LogP) is 5.20. The second-order valence-electron chi connectivity index (χ2n) is 8.31. The number of alkyl halides is 2. The molecule has 0 amide bonds. The highest BCUT2D eigenvalue weighted by Crippen LogP contribution is 2.47.